The van der Waals surface area contributed by atoms with Crippen molar-refractivity contribution >= 4 is 6.03 Å². The number of nitrogens with one attached hydrogen (secondary N) is 2. The molecule has 0 aromatic carbocycles. The average Bonchev–Trinajstić information content (AvgIpc) is 2.82. The molecular weight excluding hydrogens is 220 g/mol. The molecule has 98 valence electrons. The molecule has 0 bridgehead atoms. The minimum Gasteiger partial charge on any atom is -0.396 e. The summed E-state index contributed by atoms with van der Waals surface area (Å²) < 4.78 is 5.21. The first kappa shape index (κ1) is 12.6. The Balaban J connectivity index is 1.70. The molecule has 3 unspecified atom stereocenters. The van der Waals surface area contributed by atoms with Gasteiger partial charge in [0.25, 0.3) is 0 Å². The molecule has 5 heteroatoms. The van der Waals surface area contributed by atoms with Gasteiger partial charge in [-0.1, -0.05) is 6.42 Å². The van der Waals surface area contributed by atoms with Crippen LogP contribution in [0.15, 0.2) is 0 Å². The van der Waals surface area contributed by atoms with E-state index in [1.165, 1.54) is 0 Å². The number of aliphatic hydroxyl groups is 1. The summed E-state index contributed by atoms with van der Waals surface area (Å²) in [6.45, 7) is 1.59. The van der Waals surface area contributed by atoms with E-state index in [2.05, 4.69) is 10.6 Å². The van der Waals surface area contributed by atoms with E-state index in [-0.39, 0.29) is 24.7 Å². The lowest BCUT2D eigenvalue weighted by atomic mass is 9.86. The number of rotatable bonds is 3. The third kappa shape index (κ3) is 3.85. The van der Waals surface area contributed by atoms with Gasteiger partial charge in [-0.2, -0.15) is 0 Å². The summed E-state index contributed by atoms with van der Waals surface area (Å²) in [5.74, 6) is 0.351. The number of urea groups is 1. The van der Waals surface area contributed by atoms with E-state index in [9.17, 15) is 4.79 Å². The van der Waals surface area contributed by atoms with Gasteiger partial charge in [-0.05, 0) is 31.6 Å². The molecule has 1 saturated heterocycles. The lowest BCUT2D eigenvalue weighted by Crippen LogP contribution is -2.48. The molecule has 0 aromatic rings. The Bertz CT molecular complexity index is 254. The zero-order valence-corrected chi connectivity index (χ0v) is 10.2. The topological polar surface area (TPSA) is 70.6 Å². The van der Waals surface area contributed by atoms with Crippen LogP contribution in [0.25, 0.3) is 0 Å². The zero-order valence-electron chi connectivity index (χ0n) is 10.2. The van der Waals surface area contributed by atoms with Gasteiger partial charge in [0, 0.05) is 19.3 Å². The number of ether oxygens (including phenoxy) is 1. The number of hydrogen-bond acceptors (Lipinski definition) is 3. The highest BCUT2D eigenvalue weighted by Gasteiger charge is 2.24. The highest BCUT2D eigenvalue weighted by molar-refractivity contribution is 5.74. The smallest absolute Gasteiger partial charge is 0.315 e. The fraction of sp³-hybridized carbons (Fsp3) is 0.917. The molecule has 3 atom stereocenters. The summed E-state index contributed by atoms with van der Waals surface area (Å²) in [4.78, 5) is 11.7. The number of aliphatic hydroxyl groups excluding tert-OH is 1. The summed E-state index contributed by atoms with van der Waals surface area (Å²) in [6, 6.07) is 0.277. The maximum Gasteiger partial charge on any atom is 0.315 e. The van der Waals surface area contributed by atoms with E-state index in [0.717, 1.165) is 38.7 Å². The molecule has 2 fully saturated rings. The Hall–Kier alpha value is -0.810. The van der Waals surface area contributed by atoms with E-state index < -0.39 is 0 Å². The molecule has 0 radical (unpaired) electrons. The molecule has 1 aliphatic carbocycles. The van der Waals surface area contributed by atoms with Crippen molar-refractivity contribution < 1.29 is 14.6 Å². The lowest BCUT2D eigenvalue weighted by Gasteiger charge is -2.29. The second-order valence-corrected chi connectivity index (χ2v) is 5.09. The molecule has 2 amide bonds. The largest absolute Gasteiger partial charge is 0.396 e. The molecule has 1 saturated carbocycles. The van der Waals surface area contributed by atoms with Gasteiger partial charge >= 0.3 is 6.03 Å². The van der Waals surface area contributed by atoms with Crippen molar-refractivity contribution in [3.05, 3.63) is 0 Å². The van der Waals surface area contributed by atoms with Crippen LogP contribution >= 0.6 is 0 Å². The van der Waals surface area contributed by atoms with Gasteiger partial charge in [0.15, 0.2) is 0 Å². The van der Waals surface area contributed by atoms with E-state index in [1.54, 1.807) is 0 Å². The van der Waals surface area contributed by atoms with Crippen LogP contribution in [0, 0.1) is 5.92 Å². The van der Waals surface area contributed by atoms with Crippen LogP contribution in [0.4, 0.5) is 4.79 Å². The van der Waals surface area contributed by atoms with Crippen LogP contribution in [-0.2, 0) is 4.74 Å². The second kappa shape index (κ2) is 6.21. The van der Waals surface area contributed by atoms with Crippen molar-refractivity contribution in [2.45, 2.75) is 44.2 Å². The first-order valence-corrected chi connectivity index (χ1v) is 6.53. The maximum atomic E-state index is 11.7. The summed E-state index contributed by atoms with van der Waals surface area (Å²) in [7, 11) is 0. The minimum atomic E-state index is -0.0934. The number of carbonyl (C=O) groups is 1. The normalized spacial score (nSPS) is 33.4. The third-order valence-electron chi connectivity index (χ3n) is 3.64. The SMILES string of the molecule is O=C(NC1CCOC1)NC1CCCC(CO)C1. The molecule has 3 N–H and O–H groups in total. The number of amides is 2. The average molecular weight is 242 g/mol. The van der Waals surface area contributed by atoms with Gasteiger partial charge in [-0.3, -0.25) is 0 Å². The Morgan fingerprint density at radius 2 is 2.06 bits per heavy atom. The van der Waals surface area contributed by atoms with Gasteiger partial charge in [0.1, 0.15) is 0 Å². The molecular formula is C12H22N2O3. The monoisotopic (exact) mass is 242 g/mol. The van der Waals surface area contributed by atoms with E-state index in [1.807, 2.05) is 0 Å². The molecule has 1 aliphatic heterocycles. The van der Waals surface area contributed by atoms with Crippen molar-refractivity contribution in [2.24, 2.45) is 5.92 Å². The molecule has 17 heavy (non-hydrogen) atoms. The van der Waals surface area contributed by atoms with Crippen LogP contribution in [0.5, 0.6) is 0 Å². The number of carbonyl (C=O) groups excluding carboxylic acids is 1. The van der Waals surface area contributed by atoms with Crippen LogP contribution in [0.1, 0.15) is 32.1 Å². The summed E-state index contributed by atoms with van der Waals surface area (Å²) >= 11 is 0. The van der Waals surface area contributed by atoms with Gasteiger partial charge in [0.05, 0.1) is 12.6 Å². The zero-order chi connectivity index (χ0) is 12.1. The third-order valence-corrected chi connectivity index (χ3v) is 3.64. The van der Waals surface area contributed by atoms with Gasteiger partial charge < -0.3 is 20.5 Å². The molecule has 2 rings (SSSR count). The summed E-state index contributed by atoms with van der Waals surface area (Å²) in [5, 5.41) is 15.0. The van der Waals surface area contributed by atoms with Crippen LogP contribution in [0.3, 0.4) is 0 Å². The Morgan fingerprint density at radius 3 is 2.76 bits per heavy atom. The van der Waals surface area contributed by atoms with Crippen LogP contribution in [0.2, 0.25) is 0 Å². The van der Waals surface area contributed by atoms with Gasteiger partial charge in [0.2, 0.25) is 0 Å². The Kier molecular flexibility index (Phi) is 4.62. The standard InChI is InChI=1S/C12H22N2O3/c15-7-9-2-1-3-10(6-9)13-12(16)14-11-4-5-17-8-11/h9-11,15H,1-8H2,(H2,13,14,16). The van der Waals surface area contributed by atoms with E-state index >= 15 is 0 Å². The highest BCUT2D eigenvalue weighted by Crippen LogP contribution is 2.23. The summed E-state index contributed by atoms with van der Waals surface area (Å²) in [5.41, 5.74) is 0. The van der Waals surface area contributed by atoms with Gasteiger partial charge in [-0.15, -0.1) is 0 Å². The first-order chi connectivity index (χ1) is 8.28. The van der Waals surface area contributed by atoms with E-state index in [0.29, 0.717) is 12.5 Å². The summed E-state index contributed by atoms with van der Waals surface area (Å²) in [6.07, 6.45) is 4.98. The minimum absolute atomic E-state index is 0.0934. The second-order valence-electron chi connectivity index (χ2n) is 5.09. The van der Waals surface area contributed by atoms with Crippen molar-refractivity contribution in [1.29, 1.82) is 0 Å². The lowest BCUT2D eigenvalue weighted by molar-refractivity contribution is 0.168. The predicted molar refractivity (Wildman–Crippen MR) is 63.7 cm³/mol. The number of hydrogen-bond donors (Lipinski definition) is 3. The van der Waals surface area contributed by atoms with Crippen molar-refractivity contribution in [2.75, 3.05) is 19.8 Å². The Morgan fingerprint density at radius 1 is 1.24 bits per heavy atom. The van der Waals surface area contributed by atoms with Crippen molar-refractivity contribution in [3.63, 3.8) is 0 Å². The Labute approximate surface area is 102 Å². The fourth-order valence-corrected chi connectivity index (χ4v) is 2.65. The van der Waals surface area contributed by atoms with Gasteiger partial charge in [-0.25, -0.2) is 4.79 Å². The quantitative estimate of drug-likeness (QED) is 0.679. The molecule has 5 nitrogen and oxygen atoms in total. The maximum absolute atomic E-state index is 11.7. The van der Waals surface area contributed by atoms with Crippen molar-refractivity contribution in [3.8, 4) is 0 Å². The predicted octanol–water partition coefficient (Wildman–Crippen LogP) is 0.626. The van der Waals surface area contributed by atoms with Crippen LogP contribution < -0.4 is 10.6 Å². The molecule has 1 heterocycles. The van der Waals surface area contributed by atoms with E-state index in [4.69, 9.17) is 9.84 Å². The highest BCUT2D eigenvalue weighted by atomic mass is 16.5. The molecule has 0 aromatic heterocycles. The fourth-order valence-electron chi connectivity index (χ4n) is 2.65. The molecule has 2 aliphatic rings. The van der Waals surface area contributed by atoms with Crippen molar-refractivity contribution in [1.82, 2.24) is 10.6 Å². The van der Waals surface area contributed by atoms with Crippen LogP contribution in [-0.4, -0.2) is 43.0 Å². The molecule has 0 spiro atoms. The first-order valence-electron chi connectivity index (χ1n) is 6.53.